The molecule has 0 aliphatic heterocycles. The van der Waals surface area contributed by atoms with E-state index in [0.29, 0.717) is 30.2 Å². The highest BCUT2D eigenvalue weighted by molar-refractivity contribution is 7.98. The topological polar surface area (TPSA) is 49.4 Å². The molecule has 1 fully saturated rings. The van der Waals surface area contributed by atoms with Crippen molar-refractivity contribution in [1.29, 1.82) is 0 Å². The molecule has 1 N–H and O–H groups in total. The van der Waals surface area contributed by atoms with Crippen molar-refractivity contribution in [3.05, 3.63) is 107 Å². The second-order valence-electron chi connectivity index (χ2n) is 9.64. The molecule has 1 saturated carbocycles. The number of nitrogens with one attached hydrogen (secondary N) is 1. The molecule has 3 aromatic rings. The van der Waals surface area contributed by atoms with E-state index in [0.717, 1.165) is 42.6 Å². The second-order valence-corrected chi connectivity index (χ2v) is 11.2. The van der Waals surface area contributed by atoms with Gasteiger partial charge in [0.25, 0.3) is 0 Å². The molecule has 0 unspecified atom stereocenters. The highest BCUT2D eigenvalue weighted by Crippen LogP contribution is 2.22. The van der Waals surface area contributed by atoms with Crippen LogP contribution in [0.3, 0.4) is 0 Å². The van der Waals surface area contributed by atoms with Gasteiger partial charge in [0.1, 0.15) is 6.04 Å². The molecule has 6 heteroatoms. The Bertz CT molecular complexity index is 1140. The number of rotatable bonds is 12. The van der Waals surface area contributed by atoms with Gasteiger partial charge in [-0.3, -0.25) is 9.59 Å². The van der Waals surface area contributed by atoms with Gasteiger partial charge >= 0.3 is 0 Å². The summed E-state index contributed by atoms with van der Waals surface area (Å²) in [5, 5.41) is 3.88. The van der Waals surface area contributed by atoms with E-state index in [4.69, 9.17) is 11.6 Å². The van der Waals surface area contributed by atoms with Crippen LogP contribution >= 0.6 is 23.4 Å². The van der Waals surface area contributed by atoms with E-state index in [9.17, 15) is 9.59 Å². The third kappa shape index (κ3) is 8.65. The molecule has 0 heterocycles. The van der Waals surface area contributed by atoms with E-state index in [1.165, 1.54) is 5.56 Å². The smallest absolute Gasteiger partial charge is 0.243 e. The molecule has 1 atom stereocenters. The average molecular weight is 535 g/mol. The monoisotopic (exact) mass is 534 g/mol. The molecule has 4 rings (SSSR count). The van der Waals surface area contributed by atoms with Crippen LogP contribution in [0.2, 0.25) is 5.02 Å². The highest BCUT2D eigenvalue weighted by atomic mass is 35.5. The number of hydrogen-bond donors (Lipinski definition) is 1. The first-order chi connectivity index (χ1) is 18.1. The van der Waals surface area contributed by atoms with Crippen LogP contribution in [0.5, 0.6) is 0 Å². The fraction of sp³-hybridized carbons (Fsp3) is 0.355. The molecule has 1 aliphatic rings. The Morgan fingerprint density at radius 3 is 2.22 bits per heavy atom. The highest BCUT2D eigenvalue weighted by Gasteiger charge is 2.32. The molecule has 4 nitrogen and oxygen atoms in total. The summed E-state index contributed by atoms with van der Waals surface area (Å²) in [5.74, 6) is 1.48. The van der Waals surface area contributed by atoms with Crippen molar-refractivity contribution in [3.8, 4) is 0 Å². The zero-order valence-electron chi connectivity index (χ0n) is 21.2. The third-order valence-electron chi connectivity index (χ3n) is 6.79. The summed E-state index contributed by atoms with van der Waals surface area (Å²) in [6.45, 7) is 0.346. The summed E-state index contributed by atoms with van der Waals surface area (Å²) in [6.07, 6.45) is 5.13. The molecule has 0 bridgehead atoms. The van der Waals surface area contributed by atoms with Crippen LogP contribution in [0, 0.1) is 0 Å². The Morgan fingerprint density at radius 2 is 1.54 bits per heavy atom. The summed E-state index contributed by atoms with van der Waals surface area (Å²) in [7, 11) is 0. The fourth-order valence-electron chi connectivity index (χ4n) is 4.82. The van der Waals surface area contributed by atoms with Gasteiger partial charge < -0.3 is 10.2 Å². The molecule has 194 valence electrons. The van der Waals surface area contributed by atoms with Crippen molar-refractivity contribution in [2.24, 2.45) is 0 Å². The fourth-order valence-corrected chi connectivity index (χ4v) is 5.93. The van der Waals surface area contributed by atoms with E-state index in [-0.39, 0.29) is 17.9 Å². The summed E-state index contributed by atoms with van der Waals surface area (Å²) in [6, 6.07) is 27.4. The number of halogens is 1. The SMILES string of the molecule is O=C(NC1CCCC1)[C@@H](Cc1ccccc1)N(Cc1cccc(Cl)c1)C(=O)CCSCc1ccccc1. The molecule has 37 heavy (non-hydrogen) atoms. The maximum Gasteiger partial charge on any atom is 0.243 e. The average Bonchev–Trinajstić information content (AvgIpc) is 3.43. The van der Waals surface area contributed by atoms with Crippen LogP contribution in [-0.2, 0) is 28.3 Å². The Balaban J connectivity index is 1.52. The summed E-state index contributed by atoms with van der Waals surface area (Å²) in [5.41, 5.74) is 3.20. The maximum absolute atomic E-state index is 13.7. The van der Waals surface area contributed by atoms with Crippen LogP contribution in [0.4, 0.5) is 0 Å². The van der Waals surface area contributed by atoms with Crippen molar-refractivity contribution in [3.63, 3.8) is 0 Å². The number of carbonyl (C=O) groups is 2. The third-order valence-corrected chi connectivity index (χ3v) is 8.05. The molecule has 3 aromatic carbocycles. The Labute approximate surface area is 229 Å². The number of nitrogens with zero attached hydrogens (tertiary/aromatic N) is 1. The minimum absolute atomic E-state index is 0.0111. The molecular weight excluding hydrogens is 500 g/mol. The second kappa shape index (κ2) is 14.3. The van der Waals surface area contributed by atoms with Crippen LogP contribution in [0.1, 0.15) is 48.8 Å². The molecule has 1 aliphatic carbocycles. The molecular formula is C31H35ClN2O2S. The van der Waals surface area contributed by atoms with Gasteiger partial charge in [-0.15, -0.1) is 0 Å². The molecule has 0 spiro atoms. The van der Waals surface area contributed by atoms with Crippen LogP contribution in [0.15, 0.2) is 84.9 Å². The summed E-state index contributed by atoms with van der Waals surface area (Å²) < 4.78 is 0. The number of benzene rings is 3. The summed E-state index contributed by atoms with van der Waals surface area (Å²) >= 11 is 8.01. The lowest BCUT2D eigenvalue weighted by molar-refractivity contribution is -0.141. The molecule has 0 aromatic heterocycles. The predicted molar refractivity (Wildman–Crippen MR) is 154 cm³/mol. The van der Waals surface area contributed by atoms with Gasteiger partial charge in [0.05, 0.1) is 0 Å². The standard InChI is InChI=1S/C31H35ClN2O2S/c32-27-15-9-14-26(20-27)22-34(30(35)18-19-37-23-25-12-5-2-6-13-25)29(21-24-10-3-1-4-11-24)31(36)33-28-16-7-8-17-28/h1-6,9-15,20,28-29H,7-8,16-19,21-23H2,(H,33,36)/t29-/m1/s1. The Kier molecular flexibility index (Phi) is 10.5. The first-order valence-corrected chi connectivity index (χ1v) is 14.6. The summed E-state index contributed by atoms with van der Waals surface area (Å²) in [4.78, 5) is 29.2. The zero-order chi connectivity index (χ0) is 25.9. The lowest BCUT2D eigenvalue weighted by atomic mass is 10.0. The van der Waals surface area contributed by atoms with Crippen molar-refractivity contribution in [1.82, 2.24) is 10.2 Å². The number of amides is 2. The predicted octanol–water partition coefficient (Wildman–Crippen LogP) is 6.66. The van der Waals surface area contributed by atoms with E-state index >= 15 is 0 Å². The largest absolute Gasteiger partial charge is 0.352 e. The van der Waals surface area contributed by atoms with Crippen molar-refractivity contribution in [2.75, 3.05) is 5.75 Å². The Hall–Kier alpha value is -2.76. The Morgan fingerprint density at radius 1 is 0.892 bits per heavy atom. The molecule has 0 saturated heterocycles. The van der Waals surface area contributed by atoms with Gasteiger partial charge in [-0.25, -0.2) is 0 Å². The first kappa shape index (κ1) is 27.3. The van der Waals surface area contributed by atoms with Gasteiger partial charge in [0, 0.05) is 42.0 Å². The van der Waals surface area contributed by atoms with Gasteiger partial charge in [-0.2, -0.15) is 11.8 Å². The van der Waals surface area contributed by atoms with E-state index in [2.05, 4.69) is 17.4 Å². The molecule has 0 radical (unpaired) electrons. The molecule has 2 amide bonds. The van der Waals surface area contributed by atoms with Crippen LogP contribution in [-0.4, -0.2) is 34.6 Å². The minimum Gasteiger partial charge on any atom is -0.352 e. The first-order valence-electron chi connectivity index (χ1n) is 13.1. The van der Waals surface area contributed by atoms with Gasteiger partial charge in [0.15, 0.2) is 0 Å². The van der Waals surface area contributed by atoms with E-state index in [1.807, 2.05) is 72.8 Å². The number of carbonyl (C=O) groups excluding carboxylic acids is 2. The van der Waals surface area contributed by atoms with Crippen LogP contribution < -0.4 is 5.32 Å². The van der Waals surface area contributed by atoms with Crippen molar-refractivity contribution in [2.45, 2.75) is 62.9 Å². The van der Waals surface area contributed by atoms with Gasteiger partial charge in [0.2, 0.25) is 11.8 Å². The van der Waals surface area contributed by atoms with Crippen molar-refractivity contribution >= 4 is 35.2 Å². The van der Waals surface area contributed by atoms with E-state index < -0.39 is 6.04 Å². The van der Waals surface area contributed by atoms with Crippen LogP contribution in [0.25, 0.3) is 0 Å². The number of hydrogen-bond acceptors (Lipinski definition) is 3. The van der Waals surface area contributed by atoms with Crippen molar-refractivity contribution < 1.29 is 9.59 Å². The maximum atomic E-state index is 13.7. The normalized spacial score (nSPS) is 14.3. The minimum atomic E-state index is -0.589. The van der Waals surface area contributed by atoms with E-state index in [1.54, 1.807) is 16.7 Å². The van der Waals surface area contributed by atoms with Gasteiger partial charge in [-0.05, 0) is 41.7 Å². The lowest BCUT2D eigenvalue weighted by Crippen LogP contribution is -2.52. The quantitative estimate of drug-likeness (QED) is 0.264. The zero-order valence-corrected chi connectivity index (χ0v) is 22.7. The number of thioether (sulfide) groups is 1. The van der Waals surface area contributed by atoms with Gasteiger partial charge in [-0.1, -0.05) is 97.2 Å². The lowest BCUT2D eigenvalue weighted by Gasteiger charge is -2.32.